The van der Waals surface area contributed by atoms with Crippen LogP contribution in [-0.4, -0.2) is 42.8 Å². The predicted octanol–water partition coefficient (Wildman–Crippen LogP) is 2.68. The maximum Gasteiger partial charge on any atom is 0.210 e. The molecule has 0 radical (unpaired) electrons. The van der Waals surface area contributed by atoms with Crippen LogP contribution in [0.15, 0.2) is 36.4 Å². The van der Waals surface area contributed by atoms with Crippen LogP contribution in [-0.2, 0) is 16.4 Å². The zero-order valence-corrected chi connectivity index (χ0v) is 13.9. The van der Waals surface area contributed by atoms with E-state index in [-0.39, 0.29) is 0 Å². The van der Waals surface area contributed by atoms with Gasteiger partial charge in [-0.3, -0.25) is 5.10 Å². The van der Waals surface area contributed by atoms with Crippen LogP contribution in [0, 0.1) is 0 Å². The van der Waals surface area contributed by atoms with Gasteiger partial charge in [0, 0.05) is 24.8 Å². The summed E-state index contributed by atoms with van der Waals surface area (Å²) in [5.41, 5.74) is 3.20. The third kappa shape index (κ3) is 4.96. The maximum atomic E-state index is 11.3. The minimum absolute atomic E-state index is 0.580. The molecule has 1 heterocycles. The zero-order chi connectivity index (χ0) is 16.0. The van der Waals surface area contributed by atoms with Crippen molar-refractivity contribution in [1.82, 2.24) is 14.5 Å². The Bertz CT molecular complexity index is 680. The Balaban J connectivity index is 1.73. The van der Waals surface area contributed by atoms with E-state index in [2.05, 4.69) is 16.3 Å². The van der Waals surface area contributed by atoms with E-state index in [4.69, 9.17) is 0 Å². The molecule has 0 bridgehead atoms. The number of hydrogen-bond acceptors (Lipinski definition) is 3. The van der Waals surface area contributed by atoms with Crippen LogP contribution >= 0.6 is 0 Å². The third-order valence-electron chi connectivity index (χ3n) is 3.69. The first-order valence-electron chi connectivity index (χ1n) is 7.48. The Morgan fingerprint density at radius 2 is 1.86 bits per heavy atom. The van der Waals surface area contributed by atoms with Gasteiger partial charge in [0.2, 0.25) is 10.0 Å². The second kappa shape index (κ2) is 7.56. The molecule has 6 heteroatoms. The standard InChI is InChI=1S/C16H23N3O2S/c1-19(22(2,20)21)12-8-4-7-11-15-13-16(18-17-15)14-9-5-3-6-10-14/h3,5-6,9-10,13H,4,7-8,11-12H2,1-2H3,(H,17,18). The first-order chi connectivity index (χ1) is 10.5. The molecule has 120 valence electrons. The van der Waals surface area contributed by atoms with Crippen LogP contribution in [0.25, 0.3) is 11.3 Å². The van der Waals surface area contributed by atoms with Crippen molar-refractivity contribution in [3.8, 4) is 11.3 Å². The quantitative estimate of drug-likeness (QED) is 0.760. The molecule has 1 aromatic heterocycles. The van der Waals surface area contributed by atoms with Gasteiger partial charge in [0.15, 0.2) is 0 Å². The molecule has 22 heavy (non-hydrogen) atoms. The van der Waals surface area contributed by atoms with Crippen molar-refractivity contribution >= 4 is 10.0 Å². The number of aromatic amines is 1. The summed E-state index contributed by atoms with van der Waals surface area (Å²) in [6, 6.07) is 12.2. The molecule has 2 rings (SSSR count). The summed E-state index contributed by atoms with van der Waals surface area (Å²) in [7, 11) is -1.43. The number of rotatable bonds is 8. The van der Waals surface area contributed by atoms with Crippen LogP contribution in [0.4, 0.5) is 0 Å². The normalized spacial score (nSPS) is 12.0. The first-order valence-corrected chi connectivity index (χ1v) is 9.32. The number of H-pyrrole nitrogens is 1. The van der Waals surface area contributed by atoms with E-state index in [1.807, 2.05) is 30.3 Å². The predicted molar refractivity (Wildman–Crippen MR) is 89.1 cm³/mol. The van der Waals surface area contributed by atoms with E-state index in [1.54, 1.807) is 7.05 Å². The number of sulfonamides is 1. The lowest BCUT2D eigenvalue weighted by atomic mass is 10.1. The van der Waals surface area contributed by atoms with Crippen molar-refractivity contribution in [2.24, 2.45) is 0 Å². The number of benzene rings is 1. The summed E-state index contributed by atoms with van der Waals surface area (Å²) in [5.74, 6) is 0. The molecular weight excluding hydrogens is 298 g/mol. The minimum Gasteiger partial charge on any atom is -0.282 e. The van der Waals surface area contributed by atoms with E-state index >= 15 is 0 Å². The van der Waals surface area contributed by atoms with Gasteiger partial charge in [-0.05, 0) is 25.3 Å². The molecule has 0 aliphatic heterocycles. The van der Waals surface area contributed by atoms with Crippen LogP contribution in [0.3, 0.4) is 0 Å². The van der Waals surface area contributed by atoms with Crippen LogP contribution in [0.1, 0.15) is 25.0 Å². The van der Waals surface area contributed by atoms with Crippen LogP contribution in [0.5, 0.6) is 0 Å². The van der Waals surface area contributed by atoms with Gasteiger partial charge in [-0.2, -0.15) is 5.10 Å². The fourth-order valence-electron chi connectivity index (χ4n) is 2.24. The molecule has 0 amide bonds. The summed E-state index contributed by atoms with van der Waals surface area (Å²) >= 11 is 0. The molecule has 0 fully saturated rings. The number of unbranched alkanes of at least 4 members (excludes halogenated alkanes) is 2. The van der Waals surface area contributed by atoms with E-state index in [0.29, 0.717) is 6.54 Å². The molecule has 0 aliphatic rings. The average molecular weight is 321 g/mol. The highest BCUT2D eigenvalue weighted by Gasteiger charge is 2.09. The summed E-state index contributed by atoms with van der Waals surface area (Å²) < 4.78 is 23.9. The SMILES string of the molecule is CN(CCCCCc1cc(-c2ccccc2)n[nH]1)S(C)(=O)=O. The topological polar surface area (TPSA) is 66.1 Å². The molecule has 0 atom stereocenters. The van der Waals surface area contributed by atoms with E-state index in [0.717, 1.165) is 42.6 Å². The Kier molecular flexibility index (Phi) is 5.74. The Morgan fingerprint density at radius 3 is 2.55 bits per heavy atom. The van der Waals surface area contributed by atoms with Gasteiger partial charge in [0.25, 0.3) is 0 Å². The fraction of sp³-hybridized carbons (Fsp3) is 0.438. The lowest BCUT2D eigenvalue weighted by molar-refractivity contribution is 0.456. The molecular formula is C16H23N3O2S. The second-order valence-electron chi connectivity index (χ2n) is 5.54. The smallest absolute Gasteiger partial charge is 0.210 e. The van der Waals surface area contributed by atoms with Crippen molar-refractivity contribution in [3.63, 3.8) is 0 Å². The summed E-state index contributed by atoms with van der Waals surface area (Å²) in [6.07, 6.45) is 5.07. The Labute approximate surface area is 132 Å². The number of nitrogens with zero attached hydrogens (tertiary/aromatic N) is 2. The molecule has 0 saturated carbocycles. The summed E-state index contributed by atoms with van der Waals surface area (Å²) in [4.78, 5) is 0. The zero-order valence-electron chi connectivity index (χ0n) is 13.1. The first kappa shape index (κ1) is 16.7. The molecule has 0 spiro atoms. The second-order valence-corrected chi connectivity index (χ2v) is 7.63. The lowest BCUT2D eigenvalue weighted by Gasteiger charge is -2.13. The molecule has 1 N–H and O–H groups in total. The average Bonchev–Trinajstić information content (AvgIpc) is 2.95. The van der Waals surface area contributed by atoms with Gasteiger partial charge in [0.05, 0.1) is 11.9 Å². The maximum absolute atomic E-state index is 11.3. The van der Waals surface area contributed by atoms with Crippen molar-refractivity contribution in [1.29, 1.82) is 0 Å². The van der Waals surface area contributed by atoms with Crippen molar-refractivity contribution in [2.75, 3.05) is 19.8 Å². The van der Waals surface area contributed by atoms with Gasteiger partial charge >= 0.3 is 0 Å². The summed E-state index contributed by atoms with van der Waals surface area (Å²) in [6.45, 7) is 0.580. The van der Waals surface area contributed by atoms with Crippen LogP contribution < -0.4 is 0 Å². The number of nitrogens with one attached hydrogen (secondary N) is 1. The van der Waals surface area contributed by atoms with E-state index < -0.39 is 10.0 Å². The molecule has 0 saturated heterocycles. The van der Waals surface area contributed by atoms with Crippen molar-refractivity contribution in [2.45, 2.75) is 25.7 Å². The Hall–Kier alpha value is -1.66. The number of aryl methyl sites for hydroxylation is 1. The molecule has 0 aliphatic carbocycles. The number of aromatic nitrogens is 2. The fourth-order valence-corrected chi connectivity index (χ4v) is 2.70. The van der Waals surface area contributed by atoms with Crippen molar-refractivity contribution in [3.05, 3.63) is 42.1 Å². The van der Waals surface area contributed by atoms with Gasteiger partial charge < -0.3 is 0 Å². The van der Waals surface area contributed by atoms with Gasteiger partial charge in [-0.25, -0.2) is 12.7 Å². The lowest BCUT2D eigenvalue weighted by Crippen LogP contribution is -2.26. The van der Waals surface area contributed by atoms with E-state index in [1.165, 1.54) is 10.6 Å². The molecule has 5 nitrogen and oxygen atoms in total. The molecule has 0 unspecified atom stereocenters. The van der Waals surface area contributed by atoms with Gasteiger partial charge in [0.1, 0.15) is 0 Å². The summed E-state index contributed by atoms with van der Waals surface area (Å²) in [5, 5.41) is 7.41. The highest BCUT2D eigenvalue weighted by molar-refractivity contribution is 7.88. The molecule has 2 aromatic rings. The van der Waals surface area contributed by atoms with Gasteiger partial charge in [-0.15, -0.1) is 0 Å². The third-order valence-corrected chi connectivity index (χ3v) is 5.00. The minimum atomic E-state index is -3.05. The van der Waals surface area contributed by atoms with Crippen molar-refractivity contribution < 1.29 is 8.42 Å². The van der Waals surface area contributed by atoms with E-state index in [9.17, 15) is 8.42 Å². The highest BCUT2D eigenvalue weighted by atomic mass is 32.2. The molecule has 1 aromatic carbocycles. The van der Waals surface area contributed by atoms with Gasteiger partial charge in [-0.1, -0.05) is 36.8 Å². The number of hydrogen-bond donors (Lipinski definition) is 1. The van der Waals surface area contributed by atoms with Crippen LogP contribution in [0.2, 0.25) is 0 Å². The Morgan fingerprint density at radius 1 is 1.14 bits per heavy atom. The highest BCUT2D eigenvalue weighted by Crippen LogP contribution is 2.17. The monoisotopic (exact) mass is 321 g/mol. The largest absolute Gasteiger partial charge is 0.282 e.